The average Bonchev–Trinajstić information content (AvgIpc) is 3.39. The van der Waals surface area contributed by atoms with E-state index in [0.717, 1.165) is 25.2 Å². The second-order valence-electron chi connectivity index (χ2n) is 8.54. The third-order valence-electron chi connectivity index (χ3n) is 6.46. The van der Waals surface area contributed by atoms with E-state index in [-0.39, 0.29) is 11.3 Å². The number of hydrogen-bond donors (Lipinski definition) is 4. The lowest BCUT2D eigenvalue weighted by Crippen LogP contribution is -2.48. The topological polar surface area (TPSA) is 107 Å². The molecule has 2 aromatic heterocycles. The van der Waals surface area contributed by atoms with E-state index in [1.54, 1.807) is 26.4 Å². The van der Waals surface area contributed by atoms with Gasteiger partial charge < -0.3 is 30.6 Å². The molecule has 0 saturated carbocycles. The number of ether oxygens (including phenoxy) is 1. The van der Waals surface area contributed by atoms with E-state index >= 15 is 0 Å². The van der Waals surface area contributed by atoms with Crippen LogP contribution in [0.25, 0.3) is 11.4 Å². The van der Waals surface area contributed by atoms with E-state index in [9.17, 15) is 4.79 Å². The number of carbonyl (C=O) groups is 1. The molecule has 172 valence electrons. The number of carbonyl (C=O) groups excluding carboxylic acids is 1. The van der Waals surface area contributed by atoms with Crippen molar-refractivity contribution in [3.05, 3.63) is 46.7 Å². The quantitative estimate of drug-likeness (QED) is 0.456. The summed E-state index contributed by atoms with van der Waals surface area (Å²) in [6.07, 6.45) is 2.64. The largest absolute Gasteiger partial charge is 0.493 e. The Labute approximate surface area is 196 Å². The van der Waals surface area contributed by atoms with Crippen LogP contribution >= 0.6 is 11.6 Å². The molecular formula is C23H26ClN7O2. The molecule has 1 atom stereocenters. The van der Waals surface area contributed by atoms with E-state index in [1.807, 2.05) is 18.2 Å². The summed E-state index contributed by atoms with van der Waals surface area (Å²) in [5.74, 6) is 0.871. The first-order chi connectivity index (χ1) is 16.0. The maximum atomic E-state index is 13.2. The molecule has 0 bridgehead atoms. The van der Waals surface area contributed by atoms with Gasteiger partial charge in [0.15, 0.2) is 5.75 Å². The molecule has 0 radical (unpaired) electrons. The molecule has 1 fully saturated rings. The molecule has 1 spiro atoms. The van der Waals surface area contributed by atoms with Gasteiger partial charge in [0.2, 0.25) is 5.95 Å². The van der Waals surface area contributed by atoms with E-state index in [1.165, 1.54) is 0 Å². The van der Waals surface area contributed by atoms with Gasteiger partial charge in [-0.25, -0.2) is 9.97 Å². The fraction of sp³-hybridized carbons (Fsp3) is 0.348. The van der Waals surface area contributed by atoms with Gasteiger partial charge in [-0.2, -0.15) is 0 Å². The van der Waals surface area contributed by atoms with Crippen LogP contribution in [0.1, 0.15) is 22.5 Å². The Hall–Kier alpha value is -3.30. The van der Waals surface area contributed by atoms with Crippen LogP contribution in [0.4, 0.5) is 17.3 Å². The van der Waals surface area contributed by atoms with Crippen LogP contribution in [-0.4, -0.2) is 66.6 Å². The fourth-order valence-electron chi connectivity index (χ4n) is 4.86. The zero-order valence-electron chi connectivity index (χ0n) is 18.8. The molecule has 2 aliphatic heterocycles. The van der Waals surface area contributed by atoms with Crippen LogP contribution in [0.2, 0.25) is 5.02 Å². The van der Waals surface area contributed by atoms with Crippen molar-refractivity contribution in [1.29, 1.82) is 0 Å². The molecule has 9 nitrogen and oxygen atoms in total. The van der Waals surface area contributed by atoms with Crippen molar-refractivity contribution in [2.24, 2.45) is 0 Å². The average molecular weight is 468 g/mol. The Balaban J connectivity index is 1.73. The summed E-state index contributed by atoms with van der Waals surface area (Å²) in [6.45, 7) is 2.41. The van der Waals surface area contributed by atoms with Gasteiger partial charge in [-0.3, -0.25) is 4.79 Å². The van der Waals surface area contributed by atoms with Crippen molar-refractivity contribution in [1.82, 2.24) is 25.2 Å². The predicted molar refractivity (Wildman–Crippen MR) is 129 cm³/mol. The van der Waals surface area contributed by atoms with Gasteiger partial charge in [-0.15, -0.1) is 0 Å². The molecule has 4 heterocycles. The minimum absolute atomic E-state index is 0.126. The number of nitrogens with one attached hydrogen (secondary N) is 4. The molecule has 0 unspecified atom stereocenters. The van der Waals surface area contributed by atoms with Gasteiger partial charge in [-0.05, 0) is 38.2 Å². The fourth-order valence-corrected chi connectivity index (χ4v) is 5.12. The number of rotatable bonds is 5. The molecule has 10 heteroatoms. The van der Waals surface area contributed by atoms with E-state index < -0.39 is 0 Å². The third-order valence-corrected chi connectivity index (χ3v) is 6.75. The molecule has 33 heavy (non-hydrogen) atoms. The number of anilines is 3. The van der Waals surface area contributed by atoms with Gasteiger partial charge in [0, 0.05) is 37.4 Å². The number of nitrogens with zero attached hydrogens (tertiary/aromatic N) is 3. The zero-order chi connectivity index (χ0) is 23.2. The third kappa shape index (κ3) is 3.57. The van der Waals surface area contributed by atoms with Crippen molar-refractivity contribution >= 4 is 34.8 Å². The number of aromatic amines is 1. The molecule has 0 aliphatic carbocycles. The first kappa shape index (κ1) is 21.5. The smallest absolute Gasteiger partial charge is 0.255 e. The van der Waals surface area contributed by atoms with E-state index in [2.05, 4.69) is 42.8 Å². The summed E-state index contributed by atoms with van der Waals surface area (Å²) >= 11 is 6.37. The maximum Gasteiger partial charge on any atom is 0.255 e. The van der Waals surface area contributed by atoms with Crippen LogP contribution in [0, 0.1) is 0 Å². The minimum Gasteiger partial charge on any atom is -0.493 e. The van der Waals surface area contributed by atoms with E-state index in [0.29, 0.717) is 51.6 Å². The second-order valence-corrected chi connectivity index (χ2v) is 8.94. The normalized spacial score (nSPS) is 19.9. The molecule has 5 rings (SSSR count). The first-order valence-corrected chi connectivity index (χ1v) is 11.2. The van der Waals surface area contributed by atoms with Crippen LogP contribution in [0.5, 0.6) is 5.75 Å². The zero-order valence-corrected chi connectivity index (χ0v) is 19.5. The number of hydrogen-bond acceptors (Lipinski definition) is 7. The summed E-state index contributed by atoms with van der Waals surface area (Å²) in [5, 5.41) is 10.0. The number of amides is 1. The van der Waals surface area contributed by atoms with E-state index in [4.69, 9.17) is 16.3 Å². The van der Waals surface area contributed by atoms with Crippen molar-refractivity contribution in [2.75, 3.05) is 51.5 Å². The van der Waals surface area contributed by atoms with Crippen LogP contribution in [-0.2, 0) is 5.41 Å². The highest BCUT2D eigenvalue weighted by Crippen LogP contribution is 2.46. The predicted octanol–water partition coefficient (Wildman–Crippen LogP) is 3.24. The molecule has 1 saturated heterocycles. The SMILES string of the molecule is CNc1nccc(-c2[nH]c3c(c2Nc2cccc(Cl)c2OC)C(=O)NC[C@@]32CCN(C)C2)n1. The Kier molecular flexibility index (Phi) is 5.38. The van der Waals surface area contributed by atoms with Gasteiger partial charge in [0.25, 0.3) is 5.91 Å². The summed E-state index contributed by atoms with van der Waals surface area (Å²) in [6, 6.07) is 7.29. The molecular weight excluding hydrogens is 442 g/mol. The molecule has 3 aromatic rings. The van der Waals surface area contributed by atoms with Gasteiger partial charge in [-0.1, -0.05) is 17.7 Å². The summed E-state index contributed by atoms with van der Waals surface area (Å²) in [5.41, 5.74) is 4.01. The monoisotopic (exact) mass is 467 g/mol. The Morgan fingerprint density at radius 3 is 2.88 bits per heavy atom. The Morgan fingerprint density at radius 2 is 2.15 bits per heavy atom. The van der Waals surface area contributed by atoms with Crippen LogP contribution in [0.3, 0.4) is 0 Å². The number of methoxy groups -OCH3 is 1. The van der Waals surface area contributed by atoms with Crippen molar-refractivity contribution in [3.8, 4) is 17.1 Å². The number of fused-ring (bicyclic) bond motifs is 2. The summed E-state index contributed by atoms with van der Waals surface area (Å²) < 4.78 is 5.54. The molecule has 4 N–H and O–H groups in total. The van der Waals surface area contributed by atoms with Gasteiger partial charge in [0.05, 0.1) is 40.5 Å². The van der Waals surface area contributed by atoms with Gasteiger partial charge >= 0.3 is 0 Å². The number of aromatic nitrogens is 3. The molecule has 1 amide bonds. The first-order valence-electron chi connectivity index (χ1n) is 10.8. The lowest BCUT2D eigenvalue weighted by Gasteiger charge is -2.33. The number of H-pyrrole nitrogens is 1. The second kappa shape index (κ2) is 8.24. The lowest BCUT2D eigenvalue weighted by molar-refractivity contribution is 0.0925. The Bertz CT molecular complexity index is 1230. The molecule has 2 aliphatic rings. The number of halogens is 1. The van der Waals surface area contributed by atoms with Crippen LogP contribution < -0.4 is 20.7 Å². The standard InChI is InChI=1S/C23H26ClN7O2/c1-25-22-26-9-7-14(29-22)17-18(28-15-6-4-5-13(24)19(15)33-3)16-20(30-17)23(11-27-21(16)32)8-10-31(2)12-23/h4-7,9,28,30H,8,10-12H2,1-3H3,(H,27,32)(H,25,26,29)/t23-/m1/s1. The highest BCUT2D eigenvalue weighted by molar-refractivity contribution is 6.32. The highest BCUT2D eigenvalue weighted by atomic mass is 35.5. The number of likely N-dealkylation sites (tertiary alicyclic amines) is 1. The minimum atomic E-state index is -0.191. The van der Waals surface area contributed by atoms with Gasteiger partial charge in [0.1, 0.15) is 0 Å². The highest BCUT2D eigenvalue weighted by Gasteiger charge is 2.47. The van der Waals surface area contributed by atoms with Crippen molar-refractivity contribution < 1.29 is 9.53 Å². The maximum absolute atomic E-state index is 13.2. The van der Waals surface area contributed by atoms with Crippen molar-refractivity contribution in [2.45, 2.75) is 11.8 Å². The summed E-state index contributed by atoms with van der Waals surface area (Å²) in [4.78, 5) is 28.0. The van der Waals surface area contributed by atoms with Crippen LogP contribution in [0.15, 0.2) is 30.5 Å². The Morgan fingerprint density at radius 1 is 1.30 bits per heavy atom. The number of para-hydroxylation sites is 1. The lowest BCUT2D eigenvalue weighted by atomic mass is 9.79. The molecule has 1 aromatic carbocycles. The summed E-state index contributed by atoms with van der Waals surface area (Å²) in [7, 11) is 5.44. The number of benzene rings is 1. The number of likely N-dealkylation sites (N-methyl/N-ethyl adjacent to an activating group) is 1. The van der Waals surface area contributed by atoms with Crippen molar-refractivity contribution in [3.63, 3.8) is 0 Å².